The Labute approximate surface area is 195 Å². The smallest absolute Gasteiger partial charge is 0.377 e. The normalized spacial score (nSPS) is 18.2. The second-order valence-corrected chi connectivity index (χ2v) is 9.09. The molecule has 0 bridgehead atoms. The molecule has 0 amide bonds. The summed E-state index contributed by atoms with van der Waals surface area (Å²) in [5, 5.41) is 6.32. The number of nitrogens with zero attached hydrogens (tertiary/aromatic N) is 3. The molecule has 1 aliphatic heterocycles. The lowest BCUT2D eigenvalue weighted by Crippen LogP contribution is -2.51. The largest absolute Gasteiger partial charge is 0.511 e. The highest BCUT2D eigenvalue weighted by atomic mass is 127. The Bertz CT molecular complexity index is 612. The van der Waals surface area contributed by atoms with E-state index < -0.39 is 15.5 Å². The molecule has 180 valence electrons. The van der Waals surface area contributed by atoms with Crippen LogP contribution >= 0.6 is 24.0 Å². The number of alkyl halides is 3. The van der Waals surface area contributed by atoms with Crippen LogP contribution in [0, 0.1) is 0 Å². The van der Waals surface area contributed by atoms with Gasteiger partial charge in [-0.2, -0.15) is 17.5 Å². The molecule has 0 aromatic heterocycles. The molecular formula is C17H35F3IN5O3S. The monoisotopic (exact) mass is 573 g/mol. The van der Waals surface area contributed by atoms with Gasteiger partial charge in [-0.05, 0) is 47.2 Å². The zero-order valence-corrected chi connectivity index (χ0v) is 21.2. The van der Waals surface area contributed by atoms with Crippen LogP contribution in [0.2, 0.25) is 0 Å². The van der Waals surface area contributed by atoms with Gasteiger partial charge < -0.3 is 20.3 Å². The molecule has 1 atom stereocenters. The highest BCUT2D eigenvalue weighted by Gasteiger charge is 2.50. The number of ether oxygens (including phenoxy) is 1. The van der Waals surface area contributed by atoms with E-state index in [2.05, 4.69) is 20.5 Å². The molecule has 0 radical (unpaired) electrons. The number of hydrogen-bond acceptors (Lipinski definition) is 5. The number of piperidine rings is 1. The Balaban J connectivity index is 0.00000841. The van der Waals surface area contributed by atoms with Crippen molar-refractivity contribution in [3.05, 3.63) is 0 Å². The number of hydrogen-bond donors (Lipinski definition) is 2. The first kappa shape index (κ1) is 29.6. The number of nitrogens with one attached hydrogen (secondary N) is 2. The SMILES string of the molecule is CCNC(=NCC(CCN(C)C)OCC)NC1CCN(S(=O)(=O)C(F)(F)F)CC1.I. The van der Waals surface area contributed by atoms with E-state index in [0.29, 0.717) is 30.0 Å². The molecule has 1 fully saturated rings. The van der Waals surface area contributed by atoms with Gasteiger partial charge in [0.25, 0.3) is 0 Å². The Kier molecular flexibility index (Phi) is 13.7. The first-order chi connectivity index (χ1) is 13.5. The third-order valence-corrected chi connectivity index (χ3v) is 6.16. The molecule has 0 aromatic carbocycles. The van der Waals surface area contributed by atoms with Crippen LogP contribution in [-0.2, 0) is 14.8 Å². The van der Waals surface area contributed by atoms with Crippen molar-refractivity contribution < 1.29 is 26.3 Å². The van der Waals surface area contributed by atoms with Crippen molar-refractivity contribution >= 4 is 40.0 Å². The average molecular weight is 573 g/mol. The Morgan fingerprint density at radius 2 is 1.87 bits per heavy atom. The van der Waals surface area contributed by atoms with E-state index in [0.717, 1.165) is 13.0 Å². The van der Waals surface area contributed by atoms with Crippen LogP contribution < -0.4 is 10.6 Å². The van der Waals surface area contributed by atoms with Crippen LogP contribution in [0.3, 0.4) is 0 Å². The average Bonchev–Trinajstić information content (AvgIpc) is 2.63. The van der Waals surface area contributed by atoms with Gasteiger partial charge in [-0.3, -0.25) is 4.99 Å². The summed E-state index contributed by atoms with van der Waals surface area (Å²) in [6, 6.07) is -0.153. The molecule has 0 saturated carbocycles. The summed E-state index contributed by atoms with van der Waals surface area (Å²) in [7, 11) is -1.28. The van der Waals surface area contributed by atoms with Crippen molar-refractivity contribution in [1.82, 2.24) is 19.8 Å². The Hall–Kier alpha value is -0.380. The van der Waals surface area contributed by atoms with E-state index in [9.17, 15) is 21.6 Å². The van der Waals surface area contributed by atoms with Crippen molar-refractivity contribution in [3.63, 3.8) is 0 Å². The molecule has 2 N–H and O–H groups in total. The zero-order valence-electron chi connectivity index (χ0n) is 18.0. The standard InChI is InChI=1S/C17H34F3N5O3S.HI/c1-5-21-16(22-13-15(28-6-2)9-10-24(3)4)23-14-7-11-25(12-8-14)29(26,27)17(18,19)20;/h14-15H,5-13H2,1-4H3,(H2,21,22,23);1H. The van der Waals surface area contributed by atoms with Crippen LogP contribution in [0.1, 0.15) is 33.1 Å². The van der Waals surface area contributed by atoms with Crippen LogP contribution in [0.15, 0.2) is 4.99 Å². The summed E-state index contributed by atoms with van der Waals surface area (Å²) in [5.41, 5.74) is -5.26. The van der Waals surface area contributed by atoms with Gasteiger partial charge >= 0.3 is 15.5 Å². The lowest BCUT2D eigenvalue weighted by Gasteiger charge is -2.32. The second kappa shape index (κ2) is 13.9. The summed E-state index contributed by atoms with van der Waals surface area (Å²) in [5.74, 6) is 0.555. The predicted molar refractivity (Wildman–Crippen MR) is 123 cm³/mol. The topological polar surface area (TPSA) is 86.3 Å². The second-order valence-electron chi connectivity index (χ2n) is 7.16. The van der Waals surface area contributed by atoms with Crippen LogP contribution in [0.4, 0.5) is 13.2 Å². The van der Waals surface area contributed by atoms with Crippen LogP contribution in [0.5, 0.6) is 0 Å². The molecule has 0 spiro atoms. The van der Waals surface area contributed by atoms with Crippen molar-refractivity contribution in [2.24, 2.45) is 4.99 Å². The molecule has 1 heterocycles. The summed E-state index contributed by atoms with van der Waals surface area (Å²) < 4.78 is 67.3. The summed E-state index contributed by atoms with van der Waals surface area (Å²) in [6.45, 7) is 6.04. The first-order valence-corrected chi connectivity index (χ1v) is 11.3. The van der Waals surface area contributed by atoms with E-state index in [1.165, 1.54) is 0 Å². The van der Waals surface area contributed by atoms with E-state index in [1.54, 1.807) is 0 Å². The van der Waals surface area contributed by atoms with E-state index >= 15 is 0 Å². The maximum atomic E-state index is 12.7. The summed E-state index contributed by atoms with van der Waals surface area (Å²) >= 11 is 0. The number of halogens is 4. The van der Waals surface area contributed by atoms with E-state index in [-0.39, 0.29) is 62.1 Å². The van der Waals surface area contributed by atoms with Crippen molar-refractivity contribution in [3.8, 4) is 0 Å². The molecule has 8 nitrogen and oxygen atoms in total. The Morgan fingerprint density at radius 3 is 2.33 bits per heavy atom. The number of aliphatic imine (C=N–C) groups is 1. The van der Waals surface area contributed by atoms with Gasteiger partial charge in [0.05, 0.1) is 12.6 Å². The Morgan fingerprint density at radius 1 is 1.27 bits per heavy atom. The third-order valence-electron chi connectivity index (χ3n) is 4.53. The molecule has 0 aliphatic carbocycles. The number of guanidine groups is 1. The number of sulfonamides is 1. The van der Waals surface area contributed by atoms with Crippen LogP contribution in [-0.4, -0.2) is 94.7 Å². The lowest BCUT2D eigenvalue weighted by molar-refractivity contribution is -0.0494. The van der Waals surface area contributed by atoms with E-state index in [1.807, 2.05) is 27.9 Å². The molecule has 1 rings (SSSR count). The summed E-state index contributed by atoms with van der Waals surface area (Å²) in [4.78, 5) is 6.62. The molecule has 30 heavy (non-hydrogen) atoms. The lowest BCUT2D eigenvalue weighted by atomic mass is 10.1. The molecule has 1 unspecified atom stereocenters. The molecule has 1 saturated heterocycles. The van der Waals surface area contributed by atoms with Crippen molar-refractivity contribution in [2.45, 2.75) is 50.8 Å². The van der Waals surface area contributed by atoms with Gasteiger partial charge in [0.2, 0.25) is 0 Å². The molecule has 0 aromatic rings. The highest BCUT2D eigenvalue weighted by Crippen LogP contribution is 2.28. The molecule has 13 heteroatoms. The minimum absolute atomic E-state index is 0. The summed E-state index contributed by atoms with van der Waals surface area (Å²) in [6.07, 6.45) is 1.35. The molecule has 1 aliphatic rings. The van der Waals surface area contributed by atoms with Gasteiger partial charge in [0.1, 0.15) is 0 Å². The van der Waals surface area contributed by atoms with Gasteiger partial charge in [-0.15, -0.1) is 24.0 Å². The maximum Gasteiger partial charge on any atom is 0.511 e. The van der Waals surface area contributed by atoms with Gasteiger partial charge in [0, 0.05) is 38.8 Å². The fraction of sp³-hybridized carbons (Fsp3) is 0.941. The van der Waals surface area contributed by atoms with E-state index in [4.69, 9.17) is 4.74 Å². The van der Waals surface area contributed by atoms with Crippen molar-refractivity contribution in [1.29, 1.82) is 0 Å². The maximum absolute atomic E-state index is 12.7. The predicted octanol–water partition coefficient (Wildman–Crippen LogP) is 1.83. The highest BCUT2D eigenvalue weighted by molar-refractivity contribution is 14.0. The minimum atomic E-state index is -5.26. The van der Waals surface area contributed by atoms with Crippen LogP contribution in [0.25, 0.3) is 0 Å². The fourth-order valence-electron chi connectivity index (χ4n) is 2.96. The molecular weight excluding hydrogens is 538 g/mol. The zero-order chi connectivity index (χ0) is 22.1. The number of rotatable bonds is 10. The third kappa shape index (κ3) is 9.83. The fourth-order valence-corrected chi connectivity index (χ4v) is 3.94. The van der Waals surface area contributed by atoms with Crippen molar-refractivity contribution in [2.75, 3.05) is 53.4 Å². The minimum Gasteiger partial charge on any atom is -0.377 e. The van der Waals surface area contributed by atoms with Gasteiger partial charge in [-0.1, -0.05) is 0 Å². The quantitative estimate of drug-likeness (QED) is 0.236. The first-order valence-electron chi connectivity index (χ1n) is 9.88. The van der Waals surface area contributed by atoms with Gasteiger partial charge in [-0.25, -0.2) is 8.42 Å². The van der Waals surface area contributed by atoms with Gasteiger partial charge in [0.15, 0.2) is 5.96 Å².